The van der Waals surface area contributed by atoms with Crippen molar-refractivity contribution >= 4 is 49.2 Å². The minimum absolute atomic E-state index is 0.0210. The molecule has 0 bridgehead atoms. The van der Waals surface area contributed by atoms with Gasteiger partial charge in [-0.2, -0.15) is 8.61 Å². The Balaban J connectivity index is 1.91. The minimum Gasteiger partial charge on any atom is -0.349 e. The number of hydrogen-bond acceptors (Lipinski definition) is 6. The van der Waals surface area contributed by atoms with Crippen molar-refractivity contribution in [2.75, 3.05) is 19.3 Å². The number of amides is 1. The van der Waals surface area contributed by atoms with E-state index in [4.69, 9.17) is 28.9 Å². The molecule has 1 heterocycles. The van der Waals surface area contributed by atoms with Crippen LogP contribution in [-0.4, -0.2) is 56.9 Å². The Hall–Kier alpha value is -1.73. The van der Waals surface area contributed by atoms with Gasteiger partial charge in [0.1, 0.15) is 0 Å². The van der Waals surface area contributed by atoms with Crippen molar-refractivity contribution in [2.45, 2.75) is 24.2 Å². The van der Waals surface area contributed by atoms with Gasteiger partial charge >= 0.3 is 0 Å². The van der Waals surface area contributed by atoms with E-state index < -0.39 is 32.1 Å². The second kappa shape index (κ2) is 9.64. The smallest absolute Gasteiger partial charge is 0.254 e. The van der Waals surface area contributed by atoms with Gasteiger partial charge in [-0.1, -0.05) is 47.5 Å². The molecular formula is C19H22Cl2N4O5S2. The maximum Gasteiger partial charge on any atom is 0.254 e. The molecule has 1 atom stereocenters. The molecule has 2 aromatic carbocycles. The van der Waals surface area contributed by atoms with Gasteiger partial charge in [-0.05, 0) is 29.3 Å². The van der Waals surface area contributed by atoms with Gasteiger partial charge in [-0.15, -0.1) is 0 Å². The molecule has 1 amide bonds. The maximum absolute atomic E-state index is 13.3. The molecular weight excluding hydrogens is 499 g/mol. The first kappa shape index (κ1) is 24.9. The van der Waals surface area contributed by atoms with Gasteiger partial charge in [0.25, 0.3) is 5.91 Å². The third-order valence-electron chi connectivity index (χ3n) is 4.94. The van der Waals surface area contributed by atoms with Crippen molar-refractivity contribution in [2.24, 2.45) is 5.73 Å². The highest BCUT2D eigenvalue weighted by molar-refractivity contribution is 7.89. The molecule has 9 nitrogen and oxygen atoms in total. The molecule has 0 saturated carbocycles. The predicted octanol–water partition coefficient (Wildman–Crippen LogP) is 1.36. The predicted molar refractivity (Wildman–Crippen MR) is 122 cm³/mol. The first-order valence-electron chi connectivity index (χ1n) is 9.44. The summed E-state index contributed by atoms with van der Waals surface area (Å²) in [4.78, 5) is 12.8. The molecule has 0 radical (unpaired) electrons. The molecule has 1 unspecified atom stereocenters. The van der Waals surface area contributed by atoms with Crippen LogP contribution in [0.5, 0.6) is 0 Å². The Morgan fingerprint density at radius 3 is 2.31 bits per heavy atom. The number of halogens is 2. The number of benzene rings is 2. The van der Waals surface area contributed by atoms with Gasteiger partial charge in [0.2, 0.25) is 20.0 Å². The number of hydrogen-bond donors (Lipinski definition) is 2. The lowest BCUT2D eigenvalue weighted by molar-refractivity contribution is -0.126. The lowest BCUT2D eigenvalue weighted by Gasteiger charge is -2.27. The number of sulfonamides is 2. The summed E-state index contributed by atoms with van der Waals surface area (Å²) in [6.07, 6.45) is -0.657. The minimum atomic E-state index is -4.25. The summed E-state index contributed by atoms with van der Waals surface area (Å²) in [5, 5.41) is 2.82. The van der Waals surface area contributed by atoms with Crippen LogP contribution in [0.3, 0.4) is 0 Å². The second-order valence-electron chi connectivity index (χ2n) is 7.18. The number of carbonyl (C=O) groups is 1. The Labute approximate surface area is 197 Å². The molecule has 174 valence electrons. The van der Waals surface area contributed by atoms with E-state index >= 15 is 0 Å². The van der Waals surface area contributed by atoms with E-state index in [0.717, 1.165) is 32.1 Å². The average Bonchev–Trinajstić information content (AvgIpc) is 3.21. The summed E-state index contributed by atoms with van der Waals surface area (Å²) in [5.74, 6) is -0.769. The van der Waals surface area contributed by atoms with Crippen molar-refractivity contribution in [3.8, 4) is 0 Å². The molecule has 1 aliphatic rings. The zero-order valence-corrected chi connectivity index (χ0v) is 20.2. The second-order valence-corrected chi connectivity index (χ2v) is 11.8. The van der Waals surface area contributed by atoms with E-state index in [9.17, 15) is 21.6 Å². The number of carbonyl (C=O) groups excluding carboxylic acids is 1. The summed E-state index contributed by atoms with van der Waals surface area (Å²) in [7, 11) is -8.13. The summed E-state index contributed by atoms with van der Waals surface area (Å²) in [6, 6.07) is 10.9. The third-order valence-corrected chi connectivity index (χ3v) is 8.76. The van der Waals surface area contributed by atoms with Crippen molar-refractivity contribution in [1.29, 1.82) is 0 Å². The Morgan fingerprint density at radius 1 is 1.03 bits per heavy atom. The zero-order chi connectivity index (χ0) is 23.7. The molecule has 1 aliphatic heterocycles. The summed E-state index contributed by atoms with van der Waals surface area (Å²) < 4.78 is 52.8. The monoisotopic (exact) mass is 520 g/mol. The highest BCUT2D eigenvalue weighted by Crippen LogP contribution is 2.30. The van der Waals surface area contributed by atoms with Gasteiger partial charge in [0.15, 0.2) is 6.17 Å². The van der Waals surface area contributed by atoms with Crippen LogP contribution >= 0.6 is 23.2 Å². The number of nitrogens with two attached hydrogens (primary N) is 1. The average molecular weight is 521 g/mol. The lowest BCUT2D eigenvalue weighted by atomic mass is 10.1. The fraction of sp³-hybridized carbons (Fsp3) is 0.316. The normalized spacial score (nSPS) is 18.1. The summed E-state index contributed by atoms with van der Waals surface area (Å²) >= 11 is 11.8. The molecule has 3 rings (SSSR count). The molecule has 13 heteroatoms. The van der Waals surface area contributed by atoms with E-state index in [1.54, 1.807) is 18.2 Å². The SMILES string of the molecule is CS(=O)(=O)N1CCN(S(=O)(=O)c2ccc(Cl)c(Cl)c2)C1C(=O)NCc1cccc(CN)c1. The molecule has 1 saturated heterocycles. The molecule has 0 aromatic heterocycles. The van der Waals surface area contributed by atoms with E-state index in [1.807, 2.05) is 6.07 Å². The number of rotatable bonds is 7. The van der Waals surface area contributed by atoms with Crippen LogP contribution in [-0.2, 0) is 37.9 Å². The number of nitrogens with one attached hydrogen (secondary N) is 1. The highest BCUT2D eigenvalue weighted by atomic mass is 35.5. The van der Waals surface area contributed by atoms with Crippen LogP contribution in [0.25, 0.3) is 0 Å². The van der Waals surface area contributed by atoms with Crippen molar-refractivity contribution in [3.05, 3.63) is 63.6 Å². The van der Waals surface area contributed by atoms with Crippen molar-refractivity contribution in [1.82, 2.24) is 13.9 Å². The fourth-order valence-electron chi connectivity index (χ4n) is 3.37. The maximum atomic E-state index is 13.3. The number of nitrogens with zero attached hydrogens (tertiary/aromatic N) is 2. The Kier molecular flexibility index (Phi) is 7.50. The molecule has 2 aromatic rings. The van der Waals surface area contributed by atoms with Gasteiger partial charge in [0, 0.05) is 26.2 Å². The standard InChI is InChI=1S/C19H22Cl2N4O5S2/c1-31(27,28)24-7-8-25(32(29,30)15-5-6-16(20)17(21)10-15)19(24)18(26)23-12-14-4-2-3-13(9-14)11-22/h2-6,9-10,19H,7-8,11-12,22H2,1H3,(H,23,26). The van der Waals surface area contributed by atoms with Gasteiger partial charge in [-0.3, -0.25) is 4.79 Å². The topological polar surface area (TPSA) is 130 Å². The van der Waals surface area contributed by atoms with Crippen molar-refractivity contribution < 1.29 is 21.6 Å². The summed E-state index contributed by atoms with van der Waals surface area (Å²) in [5.41, 5.74) is 7.23. The molecule has 1 fully saturated rings. The van der Waals surface area contributed by atoms with E-state index in [1.165, 1.54) is 12.1 Å². The quantitative estimate of drug-likeness (QED) is 0.566. The Morgan fingerprint density at radius 2 is 1.69 bits per heavy atom. The van der Waals surface area contributed by atoms with Crippen LogP contribution in [0.4, 0.5) is 0 Å². The highest BCUT2D eigenvalue weighted by Gasteiger charge is 2.48. The Bertz CT molecular complexity index is 1240. The first-order valence-corrected chi connectivity index (χ1v) is 13.5. The third kappa shape index (κ3) is 5.25. The largest absolute Gasteiger partial charge is 0.349 e. The molecule has 32 heavy (non-hydrogen) atoms. The fourth-order valence-corrected chi connectivity index (χ4v) is 6.35. The van der Waals surface area contributed by atoms with Gasteiger partial charge < -0.3 is 11.1 Å². The molecule has 0 spiro atoms. The first-order chi connectivity index (χ1) is 14.9. The lowest BCUT2D eigenvalue weighted by Crippen LogP contribution is -2.53. The van der Waals surface area contributed by atoms with Gasteiger partial charge in [0.05, 0.1) is 21.2 Å². The van der Waals surface area contributed by atoms with Crippen molar-refractivity contribution in [3.63, 3.8) is 0 Å². The van der Waals surface area contributed by atoms with E-state index in [0.29, 0.717) is 6.54 Å². The van der Waals surface area contributed by atoms with Crippen LogP contribution in [0.15, 0.2) is 47.4 Å². The molecule has 0 aliphatic carbocycles. The van der Waals surface area contributed by atoms with Crippen LogP contribution in [0.1, 0.15) is 11.1 Å². The van der Waals surface area contributed by atoms with E-state index in [2.05, 4.69) is 5.32 Å². The van der Waals surface area contributed by atoms with Crippen LogP contribution < -0.4 is 11.1 Å². The summed E-state index contributed by atoms with van der Waals surface area (Å²) in [6.45, 7) is 0.0277. The van der Waals surface area contributed by atoms with E-state index in [-0.39, 0.29) is 34.6 Å². The van der Waals surface area contributed by atoms with Crippen LogP contribution in [0.2, 0.25) is 10.0 Å². The zero-order valence-electron chi connectivity index (χ0n) is 17.0. The van der Waals surface area contributed by atoms with Gasteiger partial charge in [-0.25, -0.2) is 16.8 Å². The van der Waals surface area contributed by atoms with Crippen LogP contribution in [0, 0.1) is 0 Å². The molecule has 3 N–H and O–H groups in total.